The number of hydrogen-bond donors (Lipinski definition) is 0. The van der Waals surface area contributed by atoms with Crippen molar-refractivity contribution in [1.82, 2.24) is 0 Å². The predicted molar refractivity (Wildman–Crippen MR) is 40.0 cm³/mol. The van der Waals surface area contributed by atoms with Crippen LogP contribution in [0.3, 0.4) is 0 Å². The van der Waals surface area contributed by atoms with E-state index >= 15 is 0 Å². The molecule has 1 aliphatic rings. The van der Waals surface area contributed by atoms with Gasteiger partial charge in [0.25, 0.3) is 0 Å². The second-order valence-electron chi connectivity index (χ2n) is 1.35. The van der Waals surface area contributed by atoms with Crippen molar-refractivity contribution in [3.8, 4) is 0 Å². The fourth-order valence-electron chi connectivity index (χ4n) is 0.440. The SMILES string of the molecule is C1CCSSC1.[Cl][Hg]. The van der Waals surface area contributed by atoms with E-state index < -0.39 is 0 Å². The molecule has 0 aromatic carbocycles. The Balaban J connectivity index is 0.000000222. The van der Waals surface area contributed by atoms with Crippen molar-refractivity contribution in [2.24, 2.45) is 0 Å². The zero-order valence-electron chi connectivity index (χ0n) is 4.73. The molecule has 0 aromatic heterocycles. The van der Waals surface area contributed by atoms with Crippen LogP contribution in [0.15, 0.2) is 0 Å². The third-order valence-corrected chi connectivity index (χ3v) is 3.37. The van der Waals surface area contributed by atoms with Crippen molar-refractivity contribution < 1.29 is 24.9 Å². The fraction of sp³-hybridized carbons (Fsp3) is 1.00. The van der Waals surface area contributed by atoms with Gasteiger partial charge < -0.3 is 0 Å². The van der Waals surface area contributed by atoms with Crippen LogP contribution in [-0.2, 0) is 24.9 Å². The Hall–Kier alpha value is 1.93. The zero-order chi connectivity index (χ0) is 6.24. The monoisotopic (exact) mass is 357 g/mol. The molecule has 1 rings (SSSR count). The van der Waals surface area contributed by atoms with E-state index in [0.29, 0.717) is 24.9 Å². The molecule has 0 atom stereocenters. The molecule has 0 saturated carbocycles. The standard InChI is InChI=1S/C4H8S2.ClH.Hg/c1-2-4-6-5-3-1;;/h1-4H2;1H;/q;;+1/p-1. The average Bonchev–Trinajstić information content (AvgIpc) is 1.96. The van der Waals surface area contributed by atoms with Crippen molar-refractivity contribution in [1.29, 1.82) is 0 Å². The summed E-state index contributed by atoms with van der Waals surface area (Å²) in [6, 6.07) is 0. The number of hydrogen-bond acceptors (Lipinski definition) is 2. The molecule has 8 heavy (non-hydrogen) atoms. The van der Waals surface area contributed by atoms with E-state index in [1.165, 1.54) is 24.3 Å². The third-order valence-electron chi connectivity index (χ3n) is 0.789. The quantitative estimate of drug-likeness (QED) is 0.484. The molecule has 1 saturated heterocycles. The van der Waals surface area contributed by atoms with Crippen molar-refractivity contribution in [3.63, 3.8) is 0 Å². The van der Waals surface area contributed by atoms with Crippen molar-refractivity contribution in [2.75, 3.05) is 11.5 Å². The molecule has 1 fully saturated rings. The van der Waals surface area contributed by atoms with Crippen LogP contribution in [-0.4, -0.2) is 11.5 Å². The van der Waals surface area contributed by atoms with Gasteiger partial charge in [-0.15, -0.1) is 0 Å². The maximum absolute atomic E-state index is 4.83. The van der Waals surface area contributed by atoms with Crippen LogP contribution in [0, 0.1) is 0 Å². The first-order chi connectivity index (χ1) is 4.00. The fourth-order valence-corrected chi connectivity index (χ4v) is 2.73. The molecule has 0 nitrogen and oxygen atoms in total. The predicted octanol–water partition coefficient (Wildman–Crippen LogP) is 2.85. The van der Waals surface area contributed by atoms with Gasteiger partial charge in [0.1, 0.15) is 0 Å². The molecule has 0 aromatic rings. The molecule has 0 unspecified atom stereocenters. The zero-order valence-corrected chi connectivity index (χ0v) is 12.6. The van der Waals surface area contributed by atoms with E-state index in [4.69, 9.17) is 8.25 Å². The Morgan fingerprint density at radius 1 is 1.00 bits per heavy atom. The first-order valence-corrected chi connectivity index (χ1v) is 11.8. The van der Waals surface area contributed by atoms with Crippen LogP contribution < -0.4 is 0 Å². The van der Waals surface area contributed by atoms with Crippen LogP contribution in [0.2, 0.25) is 0 Å². The molecule has 1 aliphatic heterocycles. The molecule has 0 spiro atoms. The second kappa shape index (κ2) is 8.93. The molecule has 0 aliphatic carbocycles. The minimum absolute atomic E-state index is 0.500. The van der Waals surface area contributed by atoms with E-state index in [9.17, 15) is 0 Å². The molecule has 1 heterocycles. The Bertz CT molecular complexity index is 29.5. The van der Waals surface area contributed by atoms with Gasteiger partial charge in [-0.25, -0.2) is 0 Å². The van der Waals surface area contributed by atoms with Crippen LogP contribution in [0.4, 0.5) is 0 Å². The summed E-state index contributed by atoms with van der Waals surface area (Å²) in [4.78, 5) is 0. The molecule has 0 bridgehead atoms. The summed E-state index contributed by atoms with van der Waals surface area (Å²) >= 11 is 0.500. The van der Waals surface area contributed by atoms with Crippen molar-refractivity contribution in [3.05, 3.63) is 0 Å². The first kappa shape index (κ1) is 9.93. The third kappa shape index (κ3) is 6.05. The van der Waals surface area contributed by atoms with E-state index in [2.05, 4.69) is 0 Å². The van der Waals surface area contributed by atoms with E-state index in [1.807, 2.05) is 21.6 Å². The molecular weight excluding hydrogens is 348 g/mol. The van der Waals surface area contributed by atoms with Crippen molar-refractivity contribution in [2.45, 2.75) is 12.8 Å². The molecule has 0 radical (unpaired) electrons. The Labute approximate surface area is 78.3 Å². The number of halogens is 1. The van der Waals surface area contributed by atoms with Gasteiger partial charge in [-0.1, -0.05) is 21.6 Å². The summed E-state index contributed by atoms with van der Waals surface area (Å²) in [7, 11) is 8.86. The summed E-state index contributed by atoms with van der Waals surface area (Å²) in [5.41, 5.74) is 0. The summed E-state index contributed by atoms with van der Waals surface area (Å²) in [6.07, 6.45) is 2.88. The van der Waals surface area contributed by atoms with Gasteiger partial charge in [-0.2, -0.15) is 0 Å². The Morgan fingerprint density at radius 2 is 1.38 bits per heavy atom. The molecular formula is C4H8ClHgS2. The summed E-state index contributed by atoms with van der Waals surface area (Å²) < 4.78 is 0. The van der Waals surface area contributed by atoms with Gasteiger partial charge in [0, 0.05) is 11.5 Å². The summed E-state index contributed by atoms with van der Waals surface area (Å²) in [5.74, 6) is 2.76. The normalized spacial score (nSPS) is 18.9. The molecule has 4 heteroatoms. The second-order valence-corrected chi connectivity index (χ2v) is 4.05. The first-order valence-electron chi connectivity index (χ1n) is 2.51. The average molecular weight is 356 g/mol. The van der Waals surface area contributed by atoms with Crippen LogP contribution >= 0.6 is 29.8 Å². The van der Waals surface area contributed by atoms with Gasteiger partial charge in [0.2, 0.25) is 0 Å². The van der Waals surface area contributed by atoms with Gasteiger partial charge >= 0.3 is 33.1 Å². The van der Waals surface area contributed by atoms with Gasteiger partial charge in [-0.05, 0) is 12.8 Å². The van der Waals surface area contributed by atoms with E-state index in [0.717, 1.165) is 0 Å². The van der Waals surface area contributed by atoms with E-state index in [-0.39, 0.29) is 0 Å². The molecule has 45 valence electrons. The number of rotatable bonds is 0. The Morgan fingerprint density at radius 3 is 1.50 bits per heavy atom. The van der Waals surface area contributed by atoms with Gasteiger partial charge in [-0.3, -0.25) is 0 Å². The molecule has 0 amide bonds. The van der Waals surface area contributed by atoms with Crippen LogP contribution in [0.5, 0.6) is 0 Å². The topological polar surface area (TPSA) is 0 Å². The summed E-state index contributed by atoms with van der Waals surface area (Å²) in [6.45, 7) is 0. The van der Waals surface area contributed by atoms with Gasteiger partial charge in [0.05, 0.1) is 0 Å². The minimum atomic E-state index is 0.500. The van der Waals surface area contributed by atoms with Gasteiger partial charge in [0.15, 0.2) is 0 Å². The van der Waals surface area contributed by atoms with Crippen LogP contribution in [0.1, 0.15) is 12.8 Å². The summed E-state index contributed by atoms with van der Waals surface area (Å²) in [5, 5.41) is 0. The molecule has 0 N–H and O–H groups in total. The van der Waals surface area contributed by atoms with Crippen molar-refractivity contribution >= 4 is 29.8 Å². The van der Waals surface area contributed by atoms with E-state index in [1.54, 1.807) is 0 Å². The van der Waals surface area contributed by atoms with Crippen LogP contribution in [0.25, 0.3) is 0 Å². The Kier molecular flexibility index (Phi) is 11.1. The maximum atomic E-state index is 4.83.